The Morgan fingerprint density at radius 1 is 1.41 bits per heavy atom. The summed E-state index contributed by atoms with van der Waals surface area (Å²) in [4.78, 5) is 4.44. The third-order valence-electron chi connectivity index (χ3n) is 2.58. The Morgan fingerprint density at radius 3 is 2.88 bits per heavy atom. The molecule has 2 rings (SSSR count). The van der Waals surface area contributed by atoms with E-state index < -0.39 is 0 Å². The summed E-state index contributed by atoms with van der Waals surface area (Å²) < 4.78 is 5.73. The van der Waals surface area contributed by atoms with Crippen molar-refractivity contribution in [2.24, 2.45) is 0 Å². The zero-order chi connectivity index (χ0) is 12.4. The van der Waals surface area contributed by atoms with Gasteiger partial charge in [-0.2, -0.15) is 0 Å². The number of fused-ring (bicyclic) bond motifs is 1. The number of oxazole rings is 1. The van der Waals surface area contributed by atoms with Gasteiger partial charge in [0.25, 0.3) is 0 Å². The van der Waals surface area contributed by atoms with Crippen LogP contribution in [0.4, 0.5) is 0 Å². The molecule has 1 aromatic carbocycles. The number of nitrogens with one attached hydrogen (secondary N) is 1. The number of hydrogen-bond acceptors (Lipinski definition) is 3. The van der Waals surface area contributed by atoms with Crippen LogP contribution in [0, 0.1) is 6.92 Å². The molecule has 0 fully saturated rings. The van der Waals surface area contributed by atoms with Gasteiger partial charge in [0.2, 0.25) is 0 Å². The molecule has 0 aliphatic carbocycles. The van der Waals surface area contributed by atoms with E-state index in [2.05, 4.69) is 24.1 Å². The number of halogens is 1. The Hall–Kier alpha value is -1.06. The molecule has 3 nitrogen and oxygen atoms in total. The molecule has 0 atom stereocenters. The summed E-state index contributed by atoms with van der Waals surface area (Å²) in [7, 11) is 0. The second-order valence-corrected chi connectivity index (χ2v) is 4.97. The first-order valence-electron chi connectivity index (χ1n) is 5.85. The van der Waals surface area contributed by atoms with Crippen LogP contribution < -0.4 is 5.32 Å². The van der Waals surface area contributed by atoms with E-state index in [4.69, 9.17) is 16.0 Å². The van der Waals surface area contributed by atoms with Crippen LogP contribution in [0.3, 0.4) is 0 Å². The number of benzene rings is 1. The zero-order valence-electron chi connectivity index (χ0n) is 10.4. The molecule has 0 amide bonds. The predicted octanol–water partition coefficient (Wildman–Crippen LogP) is 3.33. The van der Waals surface area contributed by atoms with Crippen LogP contribution in [0.2, 0.25) is 5.02 Å². The van der Waals surface area contributed by atoms with Crippen molar-refractivity contribution in [2.45, 2.75) is 33.2 Å². The van der Waals surface area contributed by atoms with Crippen LogP contribution in [0.15, 0.2) is 16.5 Å². The molecule has 0 aliphatic heterocycles. The molecule has 92 valence electrons. The summed E-state index contributed by atoms with van der Waals surface area (Å²) in [6, 6.07) is 4.22. The van der Waals surface area contributed by atoms with Gasteiger partial charge in [-0.3, -0.25) is 0 Å². The molecule has 17 heavy (non-hydrogen) atoms. The van der Waals surface area contributed by atoms with Gasteiger partial charge in [0.1, 0.15) is 5.52 Å². The standard InChI is InChI=1S/C13H17ClN2O/c1-8(2)15-5-4-12-16-11-7-10(14)6-9(3)13(11)17-12/h6-8,15H,4-5H2,1-3H3. The van der Waals surface area contributed by atoms with E-state index in [1.54, 1.807) is 0 Å². The second-order valence-electron chi connectivity index (χ2n) is 4.54. The lowest BCUT2D eigenvalue weighted by atomic mass is 10.2. The SMILES string of the molecule is Cc1cc(Cl)cc2nc(CCNC(C)C)oc12. The summed E-state index contributed by atoms with van der Waals surface area (Å²) in [6.45, 7) is 7.10. The fourth-order valence-electron chi connectivity index (χ4n) is 1.78. The van der Waals surface area contributed by atoms with Crippen LogP contribution in [0.1, 0.15) is 25.3 Å². The highest BCUT2D eigenvalue weighted by molar-refractivity contribution is 6.31. The minimum Gasteiger partial charge on any atom is -0.440 e. The molecule has 0 unspecified atom stereocenters. The highest BCUT2D eigenvalue weighted by Gasteiger charge is 2.09. The van der Waals surface area contributed by atoms with Gasteiger partial charge in [0.05, 0.1) is 0 Å². The van der Waals surface area contributed by atoms with E-state index in [0.29, 0.717) is 11.1 Å². The molecule has 0 radical (unpaired) electrons. The summed E-state index contributed by atoms with van der Waals surface area (Å²) in [6.07, 6.45) is 0.796. The maximum absolute atomic E-state index is 5.99. The molecule has 1 heterocycles. The average Bonchev–Trinajstić information content (AvgIpc) is 2.60. The molecule has 0 aliphatic rings. The molecule has 1 N–H and O–H groups in total. The first-order chi connectivity index (χ1) is 8.06. The number of nitrogens with zero attached hydrogens (tertiary/aromatic N) is 1. The van der Waals surface area contributed by atoms with Crippen molar-refractivity contribution < 1.29 is 4.42 Å². The highest BCUT2D eigenvalue weighted by atomic mass is 35.5. The van der Waals surface area contributed by atoms with Crippen LogP contribution in [0.5, 0.6) is 0 Å². The van der Waals surface area contributed by atoms with Gasteiger partial charge in [-0.1, -0.05) is 25.4 Å². The minimum atomic E-state index is 0.482. The second kappa shape index (κ2) is 5.07. The van der Waals surface area contributed by atoms with Gasteiger partial charge in [-0.15, -0.1) is 0 Å². The summed E-state index contributed by atoms with van der Waals surface area (Å²) in [5, 5.41) is 4.04. The molecule has 2 aromatic rings. The molecule has 4 heteroatoms. The maximum Gasteiger partial charge on any atom is 0.196 e. The monoisotopic (exact) mass is 252 g/mol. The van der Waals surface area contributed by atoms with E-state index in [9.17, 15) is 0 Å². The highest BCUT2D eigenvalue weighted by Crippen LogP contribution is 2.24. The molecule has 0 spiro atoms. The lowest BCUT2D eigenvalue weighted by Gasteiger charge is -2.04. The predicted molar refractivity (Wildman–Crippen MR) is 70.6 cm³/mol. The molecular weight excluding hydrogens is 236 g/mol. The van der Waals surface area contributed by atoms with E-state index in [-0.39, 0.29) is 0 Å². The van der Waals surface area contributed by atoms with Crippen molar-refractivity contribution in [3.63, 3.8) is 0 Å². The zero-order valence-corrected chi connectivity index (χ0v) is 11.1. The Labute approximate surface area is 106 Å². The van der Waals surface area contributed by atoms with Crippen molar-refractivity contribution >= 4 is 22.7 Å². The molecule has 1 aromatic heterocycles. The topological polar surface area (TPSA) is 38.1 Å². The maximum atomic E-state index is 5.99. The summed E-state index contributed by atoms with van der Waals surface area (Å²) in [5.41, 5.74) is 2.71. The van der Waals surface area contributed by atoms with Gasteiger partial charge in [-0.25, -0.2) is 4.98 Å². The fourth-order valence-corrected chi connectivity index (χ4v) is 2.04. The molecule has 0 saturated heterocycles. The van der Waals surface area contributed by atoms with Gasteiger partial charge in [0.15, 0.2) is 11.5 Å². The van der Waals surface area contributed by atoms with Gasteiger partial charge >= 0.3 is 0 Å². The molecule has 0 saturated carbocycles. The van der Waals surface area contributed by atoms with Crippen molar-refractivity contribution in [3.8, 4) is 0 Å². The number of rotatable bonds is 4. The van der Waals surface area contributed by atoms with Crippen LogP contribution >= 0.6 is 11.6 Å². The smallest absolute Gasteiger partial charge is 0.196 e. The van der Waals surface area contributed by atoms with Crippen LogP contribution in [0.25, 0.3) is 11.1 Å². The van der Waals surface area contributed by atoms with E-state index >= 15 is 0 Å². The van der Waals surface area contributed by atoms with E-state index in [0.717, 1.165) is 35.5 Å². The first-order valence-corrected chi connectivity index (χ1v) is 6.23. The lowest BCUT2D eigenvalue weighted by molar-refractivity contribution is 0.500. The Bertz CT molecular complexity index is 519. The third-order valence-corrected chi connectivity index (χ3v) is 2.79. The Kier molecular flexibility index (Phi) is 3.69. The van der Waals surface area contributed by atoms with Gasteiger partial charge < -0.3 is 9.73 Å². The Morgan fingerprint density at radius 2 is 2.18 bits per heavy atom. The Balaban J connectivity index is 2.17. The van der Waals surface area contributed by atoms with Crippen molar-refractivity contribution in [1.82, 2.24) is 10.3 Å². The number of hydrogen-bond donors (Lipinski definition) is 1. The number of aromatic nitrogens is 1. The van der Waals surface area contributed by atoms with Crippen molar-refractivity contribution in [2.75, 3.05) is 6.54 Å². The quantitative estimate of drug-likeness (QED) is 0.907. The first kappa shape index (κ1) is 12.4. The summed E-state index contributed by atoms with van der Waals surface area (Å²) in [5.74, 6) is 0.763. The van der Waals surface area contributed by atoms with Gasteiger partial charge in [-0.05, 0) is 24.6 Å². The van der Waals surface area contributed by atoms with Crippen molar-refractivity contribution in [3.05, 3.63) is 28.6 Å². The average molecular weight is 253 g/mol. The fraction of sp³-hybridized carbons (Fsp3) is 0.462. The lowest BCUT2D eigenvalue weighted by Crippen LogP contribution is -2.24. The third kappa shape index (κ3) is 2.99. The largest absolute Gasteiger partial charge is 0.440 e. The van der Waals surface area contributed by atoms with Crippen LogP contribution in [-0.4, -0.2) is 17.6 Å². The molecule has 0 bridgehead atoms. The summed E-state index contributed by atoms with van der Waals surface area (Å²) >= 11 is 5.99. The van der Waals surface area contributed by atoms with Crippen molar-refractivity contribution in [1.29, 1.82) is 0 Å². The normalized spacial score (nSPS) is 11.6. The van der Waals surface area contributed by atoms with E-state index in [1.165, 1.54) is 0 Å². The van der Waals surface area contributed by atoms with Crippen LogP contribution in [-0.2, 0) is 6.42 Å². The van der Waals surface area contributed by atoms with E-state index in [1.807, 2.05) is 19.1 Å². The number of aryl methyl sites for hydroxylation is 1. The minimum absolute atomic E-state index is 0.482. The van der Waals surface area contributed by atoms with Gasteiger partial charge in [0, 0.05) is 24.0 Å². The molecular formula is C13H17ClN2O.